The van der Waals surface area contributed by atoms with Gasteiger partial charge in [0.1, 0.15) is 5.60 Å². The van der Waals surface area contributed by atoms with Crippen LogP contribution >= 0.6 is 11.6 Å². The molecule has 1 saturated carbocycles. The van der Waals surface area contributed by atoms with Gasteiger partial charge in [-0.3, -0.25) is 4.79 Å². The molecule has 80 valence electrons. The average molecular weight is 218 g/mol. The Kier molecular flexibility index (Phi) is 2.71. The summed E-state index contributed by atoms with van der Waals surface area (Å²) in [4.78, 5) is 13.2. The summed E-state index contributed by atoms with van der Waals surface area (Å²) in [7, 11) is 0. The fraction of sp³-hybridized carbons (Fsp3) is 0.900. The largest absolute Gasteiger partial charge is 0.386 e. The predicted octanol–water partition coefficient (Wildman–Crippen LogP) is 0.989. The number of halogens is 1. The van der Waals surface area contributed by atoms with E-state index in [0.29, 0.717) is 31.3 Å². The molecular formula is C10H16ClNO2. The highest BCUT2D eigenvalue weighted by Gasteiger charge is 2.52. The van der Waals surface area contributed by atoms with Crippen LogP contribution in [0.25, 0.3) is 0 Å². The van der Waals surface area contributed by atoms with Gasteiger partial charge >= 0.3 is 0 Å². The van der Waals surface area contributed by atoms with Gasteiger partial charge in [0.05, 0.1) is 13.1 Å². The number of hydrogen-bond acceptors (Lipinski definition) is 2. The van der Waals surface area contributed by atoms with E-state index in [1.807, 2.05) is 0 Å². The van der Waals surface area contributed by atoms with Crippen molar-refractivity contribution in [2.24, 2.45) is 5.92 Å². The molecule has 2 aliphatic rings. The first-order valence-corrected chi connectivity index (χ1v) is 5.75. The summed E-state index contributed by atoms with van der Waals surface area (Å²) in [5.74, 6) is 1.13. The Morgan fingerprint density at radius 1 is 1.50 bits per heavy atom. The number of carbonyl (C=O) groups excluding carboxylic acids is 1. The van der Waals surface area contributed by atoms with Crippen molar-refractivity contribution in [1.82, 2.24) is 4.90 Å². The number of hydrogen-bond donors (Lipinski definition) is 1. The third-order valence-corrected chi connectivity index (χ3v) is 3.41. The van der Waals surface area contributed by atoms with Gasteiger partial charge in [-0.05, 0) is 25.2 Å². The van der Waals surface area contributed by atoms with Crippen LogP contribution in [-0.4, -0.2) is 40.5 Å². The Morgan fingerprint density at radius 2 is 2.14 bits per heavy atom. The highest BCUT2D eigenvalue weighted by Crippen LogP contribution is 2.44. The summed E-state index contributed by atoms with van der Waals surface area (Å²) in [5.41, 5.74) is -0.545. The highest BCUT2D eigenvalue weighted by molar-refractivity contribution is 6.17. The topological polar surface area (TPSA) is 40.5 Å². The van der Waals surface area contributed by atoms with Crippen LogP contribution < -0.4 is 0 Å². The number of carbonyl (C=O) groups is 1. The number of alkyl halides is 1. The molecule has 1 aliphatic heterocycles. The van der Waals surface area contributed by atoms with Crippen molar-refractivity contribution >= 4 is 17.5 Å². The fourth-order valence-corrected chi connectivity index (χ4v) is 2.18. The Bertz CT molecular complexity index is 234. The molecule has 1 N–H and O–H groups in total. The van der Waals surface area contributed by atoms with E-state index < -0.39 is 5.60 Å². The average Bonchev–Trinajstić information content (AvgIpc) is 2.92. The molecule has 0 radical (unpaired) electrons. The van der Waals surface area contributed by atoms with Crippen LogP contribution in [-0.2, 0) is 4.79 Å². The molecule has 0 unspecified atom stereocenters. The Balaban J connectivity index is 1.73. The Hall–Kier alpha value is -0.280. The molecule has 4 heteroatoms. The maximum Gasteiger partial charge on any atom is 0.222 e. The Morgan fingerprint density at radius 3 is 2.64 bits per heavy atom. The summed E-state index contributed by atoms with van der Waals surface area (Å²) in [6.07, 6.45) is 3.50. The fourth-order valence-electron chi connectivity index (χ4n) is 2.05. The zero-order valence-electron chi connectivity index (χ0n) is 8.21. The molecule has 0 aromatic heterocycles. The van der Waals surface area contributed by atoms with E-state index in [0.717, 1.165) is 19.3 Å². The van der Waals surface area contributed by atoms with E-state index in [2.05, 4.69) is 0 Å². The molecule has 0 atom stereocenters. The summed E-state index contributed by atoms with van der Waals surface area (Å²) >= 11 is 5.51. The first kappa shape index (κ1) is 10.2. The molecule has 0 aromatic carbocycles. The van der Waals surface area contributed by atoms with Crippen LogP contribution in [0.5, 0.6) is 0 Å². The Labute approximate surface area is 89.0 Å². The van der Waals surface area contributed by atoms with Gasteiger partial charge in [-0.15, -0.1) is 11.6 Å². The zero-order chi connectivity index (χ0) is 10.2. The molecule has 14 heavy (non-hydrogen) atoms. The number of amides is 1. The van der Waals surface area contributed by atoms with Crippen LogP contribution in [0.3, 0.4) is 0 Å². The number of likely N-dealkylation sites (tertiary alicyclic amines) is 1. The second-order valence-corrected chi connectivity index (χ2v) is 4.80. The zero-order valence-corrected chi connectivity index (χ0v) is 8.96. The maximum atomic E-state index is 11.5. The molecule has 1 amide bonds. The number of β-amino-alcohol motifs (C(OH)–C–C–N with tert-alkyl or cyclic N) is 1. The maximum absolute atomic E-state index is 11.5. The molecule has 0 spiro atoms. The lowest BCUT2D eigenvalue weighted by Crippen LogP contribution is -2.64. The quantitative estimate of drug-likeness (QED) is 0.714. The van der Waals surface area contributed by atoms with Crippen LogP contribution in [0.15, 0.2) is 0 Å². The van der Waals surface area contributed by atoms with E-state index in [1.54, 1.807) is 4.90 Å². The molecule has 3 nitrogen and oxygen atoms in total. The molecule has 2 rings (SSSR count). The van der Waals surface area contributed by atoms with Gasteiger partial charge in [0.15, 0.2) is 0 Å². The minimum atomic E-state index is -0.545. The normalized spacial score (nSPS) is 24.6. The van der Waals surface area contributed by atoms with E-state index >= 15 is 0 Å². The SMILES string of the molecule is O=C(CCCCl)N1CC(O)(C2CC2)C1. The van der Waals surface area contributed by atoms with Crippen LogP contribution in [0.2, 0.25) is 0 Å². The third kappa shape index (κ3) is 1.89. The van der Waals surface area contributed by atoms with Crippen molar-refractivity contribution in [3.05, 3.63) is 0 Å². The first-order chi connectivity index (χ1) is 6.65. The third-order valence-electron chi connectivity index (χ3n) is 3.14. The van der Waals surface area contributed by atoms with Gasteiger partial charge in [-0.25, -0.2) is 0 Å². The monoisotopic (exact) mass is 217 g/mol. The second kappa shape index (κ2) is 3.70. The van der Waals surface area contributed by atoms with Crippen molar-refractivity contribution in [3.63, 3.8) is 0 Å². The molecule has 1 aliphatic carbocycles. The molecule has 2 fully saturated rings. The second-order valence-electron chi connectivity index (χ2n) is 4.42. The highest BCUT2D eigenvalue weighted by atomic mass is 35.5. The number of rotatable bonds is 4. The van der Waals surface area contributed by atoms with Crippen LogP contribution in [0.4, 0.5) is 0 Å². The van der Waals surface area contributed by atoms with Crippen LogP contribution in [0.1, 0.15) is 25.7 Å². The van der Waals surface area contributed by atoms with E-state index in [4.69, 9.17) is 11.6 Å². The number of nitrogens with zero attached hydrogens (tertiary/aromatic N) is 1. The molecule has 0 aromatic rings. The molecular weight excluding hydrogens is 202 g/mol. The minimum Gasteiger partial charge on any atom is -0.386 e. The predicted molar refractivity (Wildman–Crippen MR) is 54.2 cm³/mol. The molecule has 1 heterocycles. The van der Waals surface area contributed by atoms with Gasteiger partial charge in [0.2, 0.25) is 5.91 Å². The van der Waals surface area contributed by atoms with E-state index in [-0.39, 0.29) is 5.91 Å². The van der Waals surface area contributed by atoms with Gasteiger partial charge in [0, 0.05) is 12.3 Å². The summed E-state index contributed by atoms with van der Waals surface area (Å²) in [6.45, 7) is 1.08. The minimum absolute atomic E-state index is 0.135. The molecule has 1 saturated heterocycles. The van der Waals surface area contributed by atoms with Crippen molar-refractivity contribution in [2.75, 3.05) is 19.0 Å². The summed E-state index contributed by atoms with van der Waals surface area (Å²) < 4.78 is 0. The lowest BCUT2D eigenvalue weighted by molar-refractivity contribution is -0.159. The van der Waals surface area contributed by atoms with Gasteiger partial charge < -0.3 is 10.0 Å². The van der Waals surface area contributed by atoms with Crippen molar-refractivity contribution < 1.29 is 9.90 Å². The summed E-state index contributed by atoms with van der Waals surface area (Å²) in [6, 6.07) is 0. The lowest BCUT2D eigenvalue weighted by atomic mass is 9.88. The van der Waals surface area contributed by atoms with E-state index in [9.17, 15) is 9.90 Å². The van der Waals surface area contributed by atoms with Crippen LogP contribution in [0, 0.1) is 5.92 Å². The number of aliphatic hydroxyl groups is 1. The first-order valence-electron chi connectivity index (χ1n) is 5.22. The van der Waals surface area contributed by atoms with Gasteiger partial charge in [0.25, 0.3) is 0 Å². The van der Waals surface area contributed by atoms with Crippen molar-refractivity contribution in [2.45, 2.75) is 31.3 Å². The van der Waals surface area contributed by atoms with E-state index in [1.165, 1.54) is 0 Å². The smallest absolute Gasteiger partial charge is 0.222 e. The van der Waals surface area contributed by atoms with Crippen molar-refractivity contribution in [3.8, 4) is 0 Å². The standard InChI is InChI=1S/C10H16ClNO2/c11-5-1-2-9(13)12-6-10(14,7-12)8-3-4-8/h8,14H,1-7H2. The molecule has 0 bridgehead atoms. The summed E-state index contributed by atoms with van der Waals surface area (Å²) in [5, 5.41) is 9.97. The van der Waals surface area contributed by atoms with Gasteiger partial charge in [-0.2, -0.15) is 0 Å². The lowest BCUT2D eigenvalue weighted by Gasteiger charge is -2.47. The van der Waals surface area contributed by atoms with Gasteiger partial charge in [-0.1, -0.05) is 0 Å². The van der Waals surface area contributed by atoms with Crippen molar-refractivity contribution in [1.29, 1.82) is 0 Å².